The maximum Gasteiger partial charge on any atom is -0.0134 e. The molecule has 0 nitrogen and oxygen atoms in total. The molecule has 0 heterocycles. The van der Waals surface area contributed by atoms with Crippen molar-refractivity contribution in [1.82, 2.24) is 0 Å². The van der Waals surface area contributed by atoms with Crippen LogP contribution in [-0.2, 0) is 0 Å². The highest BCUT2D eigenvalue weighted by Crippen LogP contribution is 2.21. The van der Waals surface area contributed by atoms with Crippen LogP contribution in [0.25, 0.3) is 0 Å². The molecule has 0 unspecified atom stereocenters. The minimum absolute atomic E-state index is 0.682. The third kappa shape index (κ3) is 4.51. The van der Waals surface area contributed by atoms with Crippen LogP contribution in [0, 0.1) is 5.92 Å². The molecule has 1 aliphatic carbocycles. The fourth-order valence-electron chi connectivity index (χ4n) is 1.87. The van der Waals surface area contributed by atoms with Gasteiger partial charge in [0.1, 0.15) is 0 Å². The Morgan fingerprint density at radius 1 is 0.933 bits per heavy atom. The molecule has 84 valence electrons. The number of hydrogen-bond acceptors (Lipinski definition) is 0. The van der Waals surface area contributed by atoms with Crippen molar-refractivity contribution in [1.29, 1.82) is 0 Å². The van der Waals surface area contributed by atoms with E-state index in [4.69, 9.17) is 0 Å². The predicted molar refractivity (Wildman–Crippen MR) is 68.9 cm³/mol. The molecule has 0 aromatic rings. The monoisotopic (exact) mass is 204 g/mol. The smallest absolute Gasteiger partial charge is 0.0134 e. The summed E-state index contributed by atoms with van der Waals surface area (Å²) in [5, 5.41) is 0. The van der Waals surface area contributed by atoms with Crippen molar-refractivity contribution in [3.05, 3.63) is 34.9 Å². The first-order chi connectivity index (χ1) is 7.09. The molecule has 15 heavy (non-hydrogen) atoms. The molecule has 0 aliphatic heterocycles. The Hall–Kier alpha value is -0.780. The summed E-state index contributed by atoms with van der Waals surface area (Å²) in [6, 6.07) is 0. The topological polar surface area (TPSA) is 0 Å². The molecular weight excluding hydrogens is 180 g/mol. The second-order valence-corrected chi connectivity index (χ2v) is 4.98. The Bertz CT molecular complexity index is 287. The van der Waals surface area contributed by atoms with Crippen LogP contribution in [0.4, 0.5) is 0 Å². The van der Waals surface area contributed by atoms with E-state index in [1.807, 2.05) is 0 Å². The lowest BCUT2D eigenvalue weighted by molar-refractivity contribution is 0.737. The van der Waals surface area contributed by atoms with E-state index in [9.17, 15) is 0 Å². The highest BCUT2D eigenvalue weighted by Gasteiger charge is 2.03. The average molecular weight is 204 g/mol. The van der Waals surface area contributed by atoms with E-state index in [1.54, 1.807) is 5.57 Å². The van der Waals surface area contributed by atoms with Gasteiger partial charge in [-0.05, 0) is 45.4 Å². The second kappa shape index (κ2) is 5.95. The van der Waals surface area contributed by atoms with Crippen molar-refractivity contribution in [2.45, 2.75) is 53.4 Å². The molecule has 0 spiro atoms. The lowest BCUT2D eigenvalue weighted by Crippen LogP contribution is -1.95. The Kier molecular flexibility index (Phi) is 4.87. The van der Waals surface area contributed by atoms with Gasteiger partial charge in [0.05, 0.1) is 0 Å². The van der Waals surface area contributed by atoms with Gasteiger partial charge in [0.25, 0.3) is 0 Å². The summed E-state index contributed by atoms with van der Waals surface area (Å²) in [4.78, 5) is 0. The van der Waals surface area contributed by atoms with Gasteiger partial charge in [-0.3, -0.25) is 0 Å². The van der Waals surface area contributed by atoms with E-state index in [0.29, 0.717) is 5.92 Å². The Morgan fingerprint density at radius 2 is 1.67 bits per heavy atom. The number of hydrogen-bond donors (Lipinski definition) is 0. The zero-order valence-electron chi connectivity index (χ0n) is 10.6. The van der Waals surface area contributed by atoms with Gasteiger partial charge in [-0.2, -0.15) is 0 Å². The fraction of sp³-hybridized carbons (Fsp3) is 0.600. The average Bonchev–Trinajstić information content (AvgIpc) is 2.16. The zero-order valence-corrected chi connectivity index (χ0v) is 10.6. The Labute approximate surface area is 94.8 Å². The molecule has 0 amide bonds. The Balaban J connectivity index is 2.82. The standard InChI is InChI=1S/C15H24/c1-12(2)15-10-8-13(3)6-5-7-14(4)9-11-15/h6,9-10,12H,5,7-8,11H2,1-4H3/b13-6+,14-9-,15-10+. The summed E-state index contributed by atoms with van der Waals surface area (Å²) < 4.78 is 0. The van der Waals surface area contributed by atoms with Gasteiger partial charge in [0, 0.05) is 0 Å². The van der Waals surface area contributed by atoms with E-state index in [2.05, 4.69) is 45.9 Å². The molecule has 0 bridgehead atoms. The van der Waals surface area contributed by atoms with Crippen LogP contribution < -0.4 is 0 Å². The summed E-state index contributed by atoms with van der Waals surface area (Å²) in [7, 11) is 0. The second-order valence-electron chi connectivity index (χ2n) is 4.98. The minimum atomic E-state index is 0.682. The summed E-state index contributed by atoms with van der Waals surface area (Å²) in [5.41, 5.74) is 4.64. The lowest BCUT2D eigenvalue weighted by Gasteiger charge is -2.12. The van der Waals surface area contributed by atoms with E-state index >= 15 is 0 Å². The van der Waals surface area contributed by atoms with Gasteiger partial charge >= 0.3 is 0 Å². The third-order valence-corrected chi connectivity index (χ3v) is 3.15. The molecule has 0 fully saturated rings. The van der Waals surface area contributed by atoms with E-state index in [0.717, 1.165) is 12.8 Å². The van der Waals surface area contributed by atoms with Crippen molar-refractivity contribution in [3.63, 3.8) is 0 Å². The van der Waals surface area contributed by atoms with Gasteiger partial charge < -0.3 is 0 Å². The number of rotatable bonds is 1. The van der Waals surface area contributed by atoms with Gasteiger partial charge in [0.2, 0.25) is 0 Å². The summed E-state index contributed by atoms with van der Waals surface area (Å²) in [6.07, 6.45) is 11.9. The van der Waals surface area contributed by atoms with Crippen molar-refractivity contribution in [3.8, 4) is 0 Å². The SMILES string of the molecule is C/C1=C/C/C(C(C)C)=C\C/C(C)=C/CC1. The van der Waals surface area contributed by atoms with E-state index in [1.165, 1.54) is 24.0 Å². The van der Waals surface area contributed by atoms with Crippen molar-refractivity contribution in [2.75, 3.05) is 0 Å². The van der Waals surface area contributed by atoms with Gasteiger partial charge in [0.15, 0.2) is 0 Å². The van der Waals surface area contributed by atoms with Crippen LogP contribution in [0.2, 0.25) is 0 Å². The fourth-order valence-corrected chi connectivity index (χ4v) is 1.87. The summed E-state index contributed by atoms with van der Waals surface area (Å²) >= 11 is 0. The Morgan fingerprint density at radius 3 is 2.33 bits per heavy atom. The maximum atomic E-state index is 2.42. The van der Waals surface area contributed by atoms with Crippen LogP contribution in [0.1, 0.15) is 53.4 Å². The quantitative estimate of drug-likeness (QED) is 0.525. The molecule has 0 aromatic carbocycles. The van der Waals surface area contributed by atoms with Crippen LogP contribution >= 0.6 is 0 Å². The highest BCUT2D eigenvalue weighted by molar-refractivity contribution is 5.18. The molecule has 0 saturated heterocycles. The van der Waals surface area contributed by atoms with Crippen molar-refractivity contribution < 1.29 is 0 Å². The molecule has 0 heteroatoms. The minimum Gasteiger partial charge on any atom is -0.0850 e. The van der Waals surface area contributed by atoms with Crippen LogP contribution in [0.15, 0.2) is 34.9 Å². The molecule has 1 aliphatic rings. The van der Waals surface area contributed by atoms with Crippen LogP contribution in [-0.4, -0.2) is 0 Å². The van der Waals surface area contributed by atoms with Crippen molar-refractivity contribution in [2.24, 2.45) is 5.92 Å². The molecule has 1 rings (SSSR count). The molecular formula is C15H24. The molecule has 0 radical (unpaired) electrons. The predicted octanol–water partition coefficient (Wildman–Crippen LogP) is 5.04. The summed E-state index contributed by atoms with van der Waals surface area (Å²) in [6.45, 7) is 9.08. The largest absolute Gasteiger partial charge is 0.0850 e. The zero-order chi connectivity index (χ0) is 11.3. The first kappa shape index (κ1) is 12.3. The normalized spacial score (nSPS) is 29.8. The molecule has 0 atom stereocenters. The number of allylic oxidation sites excluding steroid dienone is 6. The molecule has 0 saturated carbocycles. The first-order valence-electron chi connectivity index (χ1n) is 6.09. The third-order valence-electron chi connectivity index (χ3n) is 3.15. The summed E-state index contributed by atoms with van der Waals surface area (Å²) in [5.74, 6) is 0.682. The van der Waals surface area contributed by atoms with Crippen LogP contribution in [0.5, 0.6) is 0 Å². The lowest BCUT2D eigenvalue weighted by atomic mass is 9.94. The molecule has 0 N–H and O–H groups in total. The first-order valence-corrected chi connectivity index (χ1v) is 6.09. The molecule has 0 aromatic heterocycles. The van der Waals surface area contributed by atoms with E-state index < -0.39 is 0 Å². The van der Waals surface area contributed by atoms with E-state index in [-0.39, 0.29) is 0 Å². The van der Waals surface area contributed by atoms with Crippen LogP contribution in [0.3, 0.4) is 0 Å². The van der Waals surface area contributed by atoms with Gasteiger partial charge in [-0.1, -0.05) is 48.8 Å². The van der Waals surface area contributed by atoms with Crippen molar-refractivity contribution >= 4 is 0 Å². The maximum absolute atomic E-state index is 2.42. The highest BCUT2D eigenvalue weighted by atomic mass is 14.1. The van der Waals surface area contributed by atoms with Gasteiger partial charge in [-0.25, -0.2) is 0 Å². The van der Waals surface area contributed by atoms with Gasteiger partial charge in [-0.15, -0.1) is 0 Å².